The molecule has 9 heteroatoms. The van der Waals surface area contributed by atoms with Gasteiger partial charge in [-0.2, -0.15) is 0 Å². The van der Waals surface area contributed by atoms with Crippen molar-refractivity contribution in [1.29, 1.82) is 0 Å². The zero-order valence-corrected chi connectivity index (χ0v) is 27.9. The van der Waals surface area contributed by atoms with Crippen molar-refractivity contribution in [2.45, 2.75) is 10.6 Å². The second-order valence-electron chi connectivity index (χ2n) is 3.94. The fraction of sp³-hybridized carbons (Fsp3) is 0.0667. The quantitative estimate of drug-likeness (QED) is 0.206. The minimum atomic E-state index is 0. The van der Waals surface area contributed by atoms with E-state index in [1.807, 2.05) is 36.7 Å². The van der Waals surface area contributed by atoms with E-state index in [-0.39, 0.29) is 54.6 Å². The molecule has 2 aromatic heterocycles. The maximum absolute atomic E-state index is 4.45. The predicted octanol–water partition coefficient (Wildman–Crippen LogP) is 7.30. The molecule has 1 aromatic carbocycles. The van der Waals surface area contributed by atoms with E-state index < -0.39 is 0 Å². The molecule has 0 aliphatic carbocycles. The van der Waals surface area contributed by atoms with Crippen LogP contribution >= 0.6 is 68.3 Å². The molecule has 2 heterocycles. The van der Waals surface area contributed by atoms with Crippen LogP contribution in [-0.4, -0.2) is 9.97 Å². The van der Waals surface area contributed by atoms with E-state index in [4.69, 9.17) is 0 Å². The van der Waals surface area contributed by atoms with E-state index in [0.717, 1.165) is 17.0 Å². The Morgan fingerprint density at radius 2 is 1.42 bits per heavy atom. The zero-order chi connectivity index (χ0) is 16.2. The van der Waals surface area contributed by atoms with Crippen LogP contribution in [-0.2, 0) is 60.4 Å². The molecule has 2 nitrogen and oxygen atoms in total. The Morgan fingerprint density at radius 1 is 0.750 bits per heavy atom. The molecule has 0 saturated carbocycles. The molecule has 0 amide bonds. The molecule has 24 heavy (non-hydrogen) atoms. The Balaban J connectivity index is 0. The minimum Gasteiger partial charge on any atom is -0.260 e. The Kier molecular flexibility index (Phi) is 21.4. The number of hydrogen-bond acceptors (Lipinski definition) is 3. The number of para-hydroxylation sites is 1. The van der Waals surface area contributed by atoms with Gasteiger partial charge in [0, 0.05) is 140 Å². The number of nitrogens with zero attached hydrogens (tertiary/aromatic N) is 2. The maximum atomic E-state index is 4.45. The third-order valence-electron chi connectivity index (χ3n) is 2.70. The van der Waals surface area contributed by atoms with Crippen molar-refractivity contribution in [2.75, 3.05) is 0 Å². The maximum Gasteiger partial charge on any atom is 0.0837 e. The van der Waals surface area contributed by atoms with Crippen LogP contribution in [0.1, 0.15) is 5.69 Å². The normalized spacial score (nSPS) is 8.50. The van der Waals surface area contributed by atoms with Crippen LogP contribution in [0.3, 0.4) is 0 Å². The van der Waals surface area contributed by atoms with Gasteiger partial charge in [-0.15, -0.1) is 11.8 Å². The van der Waals surface area contributed by atoms with E-state index in [1.165, 1.54) is 10.3 Å². The molecule has 0 aliphatic heterocycles. The van der Waals surface area contributed by atoms with E-state index in [9.17, 15) is 0 Å². The van der Waals surface area contributed by atoms with Gasteiger partial charge in [0.25, 0.3) is 0 Å². The first-order valence-electron chi connectivity index (χ1n) is 6.08. The summed E-state index contributed by atoms with van der Waals surface area (Å²) >= 11 is 12.8. The van der Waals surface area contributed by atoms with Crippen molar-refractivity contribution in [2.24, 2.45) is 0 Å². The standard InChI is InChI=1S/C15H12N2S.2Br2.2Cd/c1-2-9-16-13(7-1)11-18-14-8-3-5-12-6-4-10-17-15(12)14;2*1-2;;/h1-10H,11H2;;;;. The first kappa shape index (κ1) is 28.1. The summed E-state index contributed by atoms with van der Waals surface area (Å²) in [6, 6.07) is 16.3. The number of fused-ring (bicyclic) bond motifs is 1. The number of hydrogen-bond donors (Lipinski definition) is 0. The van der Waals surface area contributed by atoms with Gasteiger partial charge in [-0.25, -0.2) is 0 Å². The van der Waals surface area contributed by atoms with E-state index >= 15 is 0 Å². The third-order valence-corrected chi connectivity index (χ3v) is 3.78. The van der Waals surface area contributed by atoms with Crippen molar-refractivity contribution in [3.63, 3.8) is 0 Å². The average molecular weight is 797 g/mol. The predicted molar refractivity (Wildman–Crippen MR) is 111 cm³/mol. The largest absolute Gasteiger partial charge is 0.260 e. The van der Waals surface area contributed by atoms with Crippen LogP contribution in [0.15, 0.2) is 65.8 Å². The van der Waals surface area contributed by atoms with Crippen LogP contribution in [0.5, 0.6) is 0 Å². The van der Waals surface area contributed by atoms with Crippen LogP contribution in [0.2, 0.25) is 0 Å². The Bertz CT molecular complexity index is 672. The number of thioether (sulfide) groups is 1. The van der Waals surface area contributed by atoms with Gasteiger partial charge in [-0.1, -0.05) is 24.3 Å². The van der Waals surface area contributed by atoms with Crippen molar-refractivity contribution in [3.8, 4) is 0 Å². The number of benzene rings is 1. The first-order valence-corrected chi connectivity index (χ1v) is 14.5. The molecule has 0 bridgehead atoms. The fourth-order valence-electron chi connectivity index (χ4n) is 1.83. The molecule has 0 unspecified atom stereocenters. The van der Waals surface area contributed by atoms with Gasteiger partial charge in [-0.3, -0.25) is 9.97 Å². The molecule has 3 aromatic rings. The number of aromatic nitrogens is 2. The van der Waals surface area contributed by atoms with Gasteiger partial charge < -0.3 is 0 Å². The number of rotatable bonds is 3. The minimum absolute atomic E-state index is 0. The van der Waals surface area contributed by atoms with Gasteiger partial charge in [-0.05, 0) is 24.3 Å². The molecule has 0 spiro atoms. The van der Waals surface area contributed by atoms with Crippen LogP contribution in [0, 0.1) is 0 Å². The number of pyridine rings is 2. The van der Waals surface area contributed by atoms with Crippen LogP contribution < -0.4 is 0 Å². The molecular weight excluding hydrogens is 785 g/mol. The van der Waals surface area contributed by atoms with Crippen molar-refractivity contribution in [3.05, 3.63) is 66.6 Å². The summed E-state index contributed by atoms with van der Waals surface area (Å²) < 4.78 is 0. The monoisotopic (exact) mass is 796 g/mol. The molecule has 0 fully saturated rings. The van der Waals surface area contributed by atoms with E-state index in [0.29, 0.717) is 0 Å². The van der Waals surface area contributed by atoms with Gasteiger partial charge in [0.2, 0.25) is 0 Å². The molecule has 0 N–H and O–H groups in total. The second-order valence-corrected chi connectivity index (χ2v) is 4.96. The summed E-state index contributed by atoms with van der Waals surface area (Å²) in [5, 5.41) is 1.18. The smallest absolute Gasteiger partial charge is 0.0837 e. The number of halogens is 4. The van der Waals surface area contributed by atoms with Gasteiger partial charge in [0.15, 0.2) is 0 Å². The summed E-state index contributed by atoms with van der Waals surface area (Å²) in [5.41, 5.74) is 2.16. The molecule has 0 aliphatic rings. The summed E-state index contributed by atoms with van der Waals surface area (Å²) in [7, 11) is 0. The van der Waals surface area contributed by atoms with Crippen molar-refractivity contribution in [1.82, 2.24) is 9.97 Å². The molecule has 0 atom stereocenters. The third kappa shape index (κ3) is 9.72. The van der Waals surface area contributed by atoms with E-state index in [1.54, 1.807) is 11.8 Å². The summed E-state index contributed by atoms with van der Waals surface area (Å²) in [6.45, 7) is 0. The summed E-state index contributed by atoms with van der Waals surface area (Å²) in [4.78, 5) is 9.99. The summed E-state index contributed by atoms with van der Waals surface area (Å²) in [6.07, 6.45) is 3.67. The zero-order valence-electron chi connectivity index (χ0n) is 12.7. The Labute approximate surface area is 217 Å². The Hall–Kier alpha value is 1.89. The first-order chi connectivity index (χ1) is 10.9. The van der Waals surface area contributed by atoms with E-state index in [2.05, 4.69) is 90.7 Å². The van der Waals surface area contributed by atoms with Crippen molar-refractivity contribution >= 4 is 79.2 Å². The van der Waals surface area contributed by atoms with Crippen molar-refractivity contribution < 1.29 is 54.6 Å². The molecule has 120 valence electrons. The molecule has 0 radical (unpaired) electrons. The van der Waals surface area contributed by atoms with Crippen LogP contribution in [0.25, 0.3) is 10.9 Å². The fourth-order valence-corrected chi connectivity index (χ4v) is 2.78. The van der Waals surface area contributed by atoms with Crippen LogP contribution in [0.4, 0.5) is 0 Å². The van der Waals surface area contributed by atoms with Gasteiger partial charge >= 0.3 is 0 Å². The molecule has 0 saturated heterocycles. The Morgan fingerprint density at radius 3 is 2.08 bits per heavy atom. The molecule has 3 rings (SSSR count). The average Bonchev–Trinajstić information content (AvgIpc) is 2.64. The second kappa shape index (κ2) is 18.3. The van der Waals surface area contributed by atoms with Gasteiger partial charge in [0.05, 0.1) is 11.2 Å². The molecular formula is C15H12Br4Cd2N2S. The SMILES string of the molecule is BrBr.BrBr.[Cd].[Cd].c1ccc(CSc2cccc3cccnc23)nc1. The topological polar surface area (TPSA) is 25.8 Å². The summed E-state index contributed by atoms with van der Waals surface area (Å²) in [5.74, 6) is 0.872. The van der Waals surface area contributed by atoms with Gasteiger partial charge in [0.1, 0.15) is 0 Å².